The second-order valence-corrected chi connectivity index (χ2v) is 4.40. The van der Waals surface area contributed by atoms with Crippen LogP contribution in [0.15, 0.2) is 0 Å². The average molecular weight is 242 g/mol. The SMILES string of the molecule is CCCCCNC(=O)CC(=O)N(C)CCCC. The van der Waals surface area contributed by atoms with Crippen molar-refractivity contribution in [2.24, 2.45) is 0 Å². The van der Waals surface area contributed by atoms with E-state index in [9.17, 15) is 9.59 Å². The van der Waals surface area contributed by atoms with Crippen molar-refractivity contribution in [1.82, 2.24) is 10.2 Å². The summed E-state index contributed by atoms with van der Waals surface area (Å²) in [6, 6.07) is 0. The van der Waals surface area contributed by atoms with Gasteiger partial charge in [0.1, 0.15) is 6.42 Å². The van der Waals surface area contributed by atoms with Gasteiger partial charge in [-0.3, -0.25) is 9.59 Å². The zero-order valence-corrected chi connectivity index (χ0v) is 11.4. The van der Waals surface area contributed by atoms with Gasteiger partial charge in [0.25, 0.3) is 0 Å². The van der Waals surface area contributed by atoms with Crippen molar-refractivity contribution < 1.29 is 9.59 Å². The fourth-order valence-corrected chi connectivity index (χ4v) is 1.46. The molecular weight excluding hydrogens is 216 g/mol. The minimum absolute atomic E-state index is 0.0215. The summed E-state index contributed by atoms with van der Waals surface area (Å²) in [5.74, 6) is -0.249. The summed E-state index contributed by atoms with van der Waals surface area (Å²) in [4.78, 5) is 24.7. The number of carbonyl (C=O) groups is 2. The van der Waals surface area contributed by atoms with Crippen molar-refractivity contribution >= 4 is 11.8 Å². The Labute approximate surface area is 105 Å². The van der Waals surface area contributed by atoms with Crippen molar-refractivity contribution in [2.75, 3.05) is 20.1 Å². The molecule has 17 heavy (non-hydrogen) atoms. The third kappa shape index (κ3) is 8.72. The van der Waals surface area contributed by atoms with Gasteiger partial charge < -0.3 is 10.2 Å². The van der Waals surface area contributed by atoms with E-state index in [2.05, 4.69) is 19.2 Å². The van der Waals surface area contributed by atoms with Gasteiger partial charge in [-0.15, -0.1) is 0 Å². The Morgan fingerprint density at radius 2 is 1.71 bits per heavy atom. The molecule has 0 aliphatic rings. The molecule has 0 aliphatic heterocycles. The first-order valence-electron chi connectivity index (χ1n) is 6.62. The van der Waals surface area contributed by atoms with Gasteiger partial charge in [-0.25, -0.2) is 0 Å². The van der Waals surface area contributed by atoms with Gasteiger partial charge in [-0.1, -0.05) is 33.1 Å². The molecule has 0 spiro atoms. The molecule has 0 bridgehead atoms. The minimum Gasteiger partial charge on any atom is -0.356 e. The number of hydrogen-bond donors (Lipinski definition) is 1. The number of nitrogens with one attached hydrogen (secondary N) is 1. The van der Waals surface area contributed by atoms with Crippen LogP contribution in [0.5, 0.6) is 0 Å². The molecule has 0 heterocycles. The van der Waals surface area contributed by atoms with E-state index in [1.165, 1.54) is 0 Å². The van der Waals surface area contributed by atoms with Gasteiger partial charge in [0, 0.05) is 20.1 Å². The fraction of sp³-hybridized carbons (Fsp3) is 0.846. The molecule has 0 saturated heterocycles. The van der Waals surface area contributed by atoms with Crippen LogP contribution in [0.4, 0.5) is 0 Å². The Hall–Kier alpha value is -1.06. The lowest BCUT2D eigenvalue weighted by molar-refractivity contribution is -0.135. The van der Waals surface area contributed by atoms with E-state index in [0.29, 0.717) is 6.54 Å². The summed E-state index contributed by atoms with van der Waals surface area (Å²) in [7, 11) is 1.75. The molecule has 0 unspecified atom stereocenters. The van der Waals surface area contributed by atoms with E-state index in [1.54, 1.807) is 11.9 Å². The van der Waals surface area contributed by atoms with Gasteiger partial charge in [0.2, 0.25) is 11.8 Å². The summed E-state index contributed by atoms with van der Waals surface area (Å²) >= 11 is 0. The molecule has 0 aliphatic carbocycles. The van der Waals surface area contributed by atoms with Crippen LogP contribution in [0.25, 0.3) is 0 Å². The smallest absolute Gasteiger partial charge is 0.231 e. The van der Waals surface area contributed by atoms with Crippen molar-refractivity contribution in [3.05, 3.63) is 0 Å². The highest BCUT2D eigenvalue weighted by atomic mass is 16.2. The molecule has 0 aromatic heterocycles. The summed E-state index contributed by atoms with van der Waals surface area (Å²) < 4.78 is 0. The van der Waals surface area contributed by atoms with Crippen LogP contribution < -0.4 is 5.32 Å². The molecule has 0 rings (SSSR count). The normalized spacial score (nSPS) is 10.1. The van der Waals surface area contributed by atoms with Gasteiger partial charge in [-0.05, 0) is 12.8 Å². The molecule has 4 nitrogen and oxygen atoms in total. The fourth-order valence-electron chi connectivity index (χ4n) is 1.46. The van der Waals surface area contributed by atoms with Crippen LogP contribution in [0.1, 0.15) is 52.4 Å². The predicted molar refractivity (Wildman–Crippen MR) is 69.7 cm³/mol. The average Bonchev–Trinajstić information content (AvgIpc) is 2.31. The van der Waals surface area contributed by atoms with E-state index < -0.39 is 0 Å². The van der Waals surface area contributed by atoms with Crippen LogP contribution >= 0.6 is 0 Å². The van der Waals surface area contributed by atoms with Crippen molar-refractivity contribution in [3.8, 4) is 0 Å². The summed E-state index contributed by atoms with van der Waals surface area (Å²) in [6.45, 7) is 5.61. The van der Waals surface area contributed by atoms with E-state index in [0.717, 1.165) is 38.6 Å². The summed E-state index contributed by atoms with van der Waals surface area (Å²) in [5.41, 5.74) is 0. The third-order valence-corrected chi connectivity index (χ3v) is 2.69. The monoisotopic (exact) mass is 242 g/mol. The zero-order valence-electron chi connectivity index (χ0n) is 11.4. The highest BCUT2D eigenvalue weighted by Crippen LogP contribution is 1.96. The van der Waals surface area contributed by atoms with Crippen molar-refractivity contribution in [1.29, 1.82) is 0 Å². The first kappa shape index (κ1) is 15.9. The number of nitrogens with zero attached hydrogens (tertiary/aromatic N) is 1. The standard InChI is InChI=1S/C13H26N2O2/c1-4-6-8-9-14-12(16)11-13(17)15(3)10-7-5-2/h4-11H2,1-3H3,(H,14,16). The summed E-state index contributed by atoms with van der Waals surface area (Å²) in [6.07, 6.45) is 5.26. The first-order valence-corrected chi connectivity index (χ1v) is 6.62. The molecule has 0 radical (unpaired) electrons. The highest BCUT2D eigenvalue weighted by Gasteiger charge is 2.12. The lowest BCUT2D eigenvalue weighted by Gasteiger charge is -2.16. The highest BCUT2D eigenvalue weighted by molar-refractivity contribution is 5.96. The maximum atomic E-state index is 11.6. The lowest BCUT2D eigenvalue weighted by Crippen LogP contribution is -2.34. The topological polar surface area (TPSA) is 49.4 Å². The number of amides is 2. The third-order valence-electron chi connectivity index (χ3n) is 2.69. The molecule has 0 saturated carbocycles. The van der Waals surface area contributed by atoms with E-state index >= 15 is 0 Å². The largest absolute Gasteiger partial charge is 0.356 e. The number of hydrogen-bond acceptors (Lipinski definition) is 2. The Balaban J connectivity index is 3.68. The second kappa shape index (κ2) is 10.1. The van der Waals surface area contributed by atoms with Gasteiger partial charge in [0.15, 0.2) is 0 Å². The van der Waals surface area contributed by atoms with Crippen LogP contribution in [0.3, 0.4) is 0 Å². The molecule has 0 fully saturated rings. The van der Waals surface area contributed by atoms with Gasteiger partial charge in [-0.2, -0.15) is 0 Å². The van der Waals surface area contributed by atoms with Crippen molar-refractivity contribution in [3.63, 3.8) is 0 Å². The van der Waals surface area contributed by atoms with E-state index in [1.807, 2.05) is 0 Å². The number of carbonyl (C=O) groups excluding carboxylic acids is 2. The van der Waals surface area contributed by atoms with E-state index in [-0.39, 0.29) is 18.2 Å². The predicted octanol–water partition coefficient (Wildman–Crippen LogP) is 1.94. The van der Waals surface area contributed by atoms with Crippen LogP contribution in [-0.4, -0.2) is 36.9 Å². The van der Waals surface area contributed by atoms with Crippen LogP contribution in [0.2, 0.25) is 0 Å². The Morgan fingerprint density at radius 3 is 2.29 bits per heavy atom. The van der Waals surface area contributed by atoms with Crippen molar-refractivity contribution in [2.45, 2.75) is 52.4 Å². The number of rotatable bonds is 9. The quantitative estimate of drug-likeness (QED) is 0.496. The van der Waals surface area contributed by atoms with Gasteiger partial charge in [0.05, 0.1) is 0 Å². The molecule has 0 aromatic rings. The first-order chi connectivity index (χ1) is 8.11. The van der Waals surface area contributed by atoms with Crippen LogP contribution in [-0.2, 0) is 9.59 Å². The van der Waals surface area contributed by atoms with E-state index in [4.69, 9.17) is 0 Å². The lowest BCUT2D eigenvalue weighted by atomic mass is 10.2. The molecule has 100 valence electrons. The Bertz CT molecular complexity index is 229. The summed E-state index contributed by atoms with van der Waals surface area (Å²) in [5, 5.41) is 2.77. The maximum Gasteiger partial charge on any atom is 0.231 e. The molecule has 2 amide bonds. The maximum absolute atomic E-state index is 11.6. The number of unbranched alkanes of at least 4 members (excludes halogenated alkanes) is 3. The Morgan fingerprint density at radius 1 is 1.06 bits per heavy atom. The van der Waals surface area contributed by atoms with Gasteiger partial charge >= 0.3 is 0 Å². The molecular formula is C13H26N2O2. The molecule has 0 aromatic carbocycles. The Kier molecular flexibility index (Phi) is 9.49. The van der Waals surface area contributed by atoms with Crippen LogP contribution in [0, 0.1) is 0 Å². The minimum atomic E-state index is -0.158. The molecule has 4 heteroatoms. The molecule has 1 N–H and O–H groups in total. The molecule has 0 atom stereocenters. The second-order valence-electron chi connectivity index (χ2n) is 4.40. The zero-order chi connectivity index (χ0) is 13.1.